The molecule has 3 aliphatic rings. The monoisotopic (exact) mass is 782 g/mol. The molecule has 5 aromatic rings. The summed E-state index contributed by atoms with van der Waals surface area (Å²) in [6.45, 7) is 13.0. The van der Waals surface area contributed by atoms with Gasteiger partial charge in [0.05, 0.1) is 22.9 Å². The number of nitrogens with one attached hydrogen (secondary N) is 3. The van der Waals surface area contributed by atoms with Crippen molar-refractivity contribution in [2.24, 2.45) is 0 Å². The van der Waals surface area contributed by atoms with Gasteiger partial charge in [0.1, 0.15) is 12.4 Å². The van der Waals surface area contributed by atoms with Crippen molar-refractivity contribution in [3.8, 4) is 22.4 Å². The topological polar surface area (TPSA) is 133 Å². The zero-order valence-electron chi connectivity index (χ0n) is 34.0. The summed E-state index contributed by atoms with van der Waals surface area (Å²) < 4.78 is 7.99. The van der Waals surface area contributed by atoms with E-state index in [2.05, 4.69) is 99.7 Å². The number of urea groups is 1. The van der Waals surface area contributed by atoms with Gasteiger partial charge in [-0.15, -0.1) is 0 Å². The molecule has 302 valence electrons. The van der Waals surface area contributed by atoms with Gasteiger partial charge in [0, 0.05) is 55.6 Å². The van der Waals surface area contributed by atoms with E-state index in [1.165, 1.54) is 11.1 Å². The van der Waals surface area contributed by atoms with Gasteiger partial charge in [-0.05, 0) is 124 Å². The van der Waals surface area contributed by atoms with Crippen molar-refractivity contribution in [1.82, 2.24) is 35.0 Å². The third-order valence-electron chi connectivity index (χ3n) is 11.6. The van der Waals surface area contributed by atoms with E-state index in [0.717, 1.165) is 83.6 Å². The Morgan fingerprint density at radius 2 is 1.66 bits per heavy atom. The largest absolute Gasteiger partial charge is 0.374 e. The van der Waals surface area contributed by atoms with Gasteiger partial charge >= 0.3 is 6.03 Å². The van der Waals surface area contributed by atoms with Crippen molar-refractivity contribution in [2.45, 2.75) is 96.6 Å². The maximum atomic E-state index is 12.9. The summed E-state index contributed by atoms with van der Waals surface area (Å²) in [6, 6.07) is 25.3. The smallest absolute Gasteiger partial charge is 0.317 e. The van der Waals surface area contributed by atoms with Crippen LogP contribution < -0.4 is 16.0 Å². The molecule has 12 nitrogen and oxygen atoms in total. The van der Waals surface area contributed by atoms with Gasteiger partial charge in [0.2, 0.25) is 11.8 Å². The Hall–Kier alpha value is -5.59. The number of hydrogen-bond acceptors (Lipinski definition) is 8. The molecule has 8 rings (SSSR count). The minimum atomic E-state index is -0.372. The predicted octanol–water partition coefficient (Wildman–Crippen LogP) is 7.07. The van der Waals surface area contributed by atoms with Crippen LogP contribution >= 0.6 is 0 Å². The first-order valence-electron chi connectivity index (χ1n) is 20.6. The van der Waals surface area contributed by atoms with Gasteiger partial charge in [-0.3, -0.25) is 19.8 Å². The van der Waals surface area contributed by atoms with Crippen LogP contribution in [0.3, 0.4) is 0 Å². The number of piperidine rings is 2. The highest BCUT2D eigenvalue weighted by molar-refractivity contribution is 6.01. The molecule has 2 aromatic heterocycles. The molecule has 58 heavy (non-hydrogen) atoms. The third-order valence-corrected chi connectivity index (χ3v) is 11.6. The van der Waals surface area contributed by atoms with Gasteiger partial charge in [-0.25, -0.2) is 14.3 Å². The first-order valence-corrected chi connectivity index (χ1v) is 20.6. The highest BCUT2D eigenvalue weighted by Crippen LogP contribution is 2.32. The lowest BCUT2D eigenvalue weighted by atomic mass is 9.89. The average molecular weight is 783 g/mol. The number of carbonyl (C=O) groups is 3. The Morgan fingerprint density at radius 3 is 2.38 bits per heavy atom. The van der Waals surface area contributed by atoms with Crippen molar-refractivity contribution >= 4 is 29.0 Å². The quantitative estimate of drug-likeness (QED) is 0.128. The molecule has 0 saturated carbocycles. The number of amides is 4. The van der Waals surface area contributed by atoms with Gasteiger partial charge in [0.25, 0.3) is 0 Å². The molecule has 3 N–H and O–H groups in total. The number of benzene rings is 3. The number of hydrogen-bond donors (Lipinski definition) is 3. The third kappa shape index (κ3) is 9.24. The minimum Gasteiger partial charge on any atom is -0.374 e. The molecule has 5 heterocycles. The minimum absolute atomic E-state index is 0.0569. The SMILES string of the molecule is Cc1cc(-c2ncnn3cc(-c4ccc(CN5CCC(c6ccc(NC7CCC(=O)NC7=O)cc6)CC5)cc4)cc23)ccc1CNC(=O)N1CCC(OC(C)(C)C)C1. The maximum Gasteiger partial charge on any atom is 0.317 e. The number of ether oxygens (including phenoxy) is 1. The number of imide groups is 1. The van der Waals surface area contributed by atoms with Crippen molar-refractivity contribution in [3.05, 3.63) is 108 Å². The van der Waals surface area contributed by atoms with Crippen LogP contribution in [0, 0.1) is 6.92 Å². The molecular formula is C46H54N8O4. The molecular weight excluding hydrogens is 729 g/mol. The Labute approximate surface area is 340 Å². The zero-order chi connectivity index (χ0) is 40.4. The molecule has 3 aliphatic heterocycles. The van der Waals surface area contributed by atoms with E-state index in [9.17, 15) is 14.4 Å². The normalized spacial score (nSPS) is 19.4. The van der Waals surface area contributed by atoms with E-state index < -0.39 is 0 Å². The molecule has 0 bridgehead atoms. The average Bonchev–Trinajstić information content (AvgIpc) is 3.86. The molecule has 0 aliphatic carbocycles. The fraction of sp³-hybridized carbons (Fsp3) is 0.413. The van der Waals surface area contributed by atoms with E-state index in [1.807, 2.05) is 42.3 Å². The Balaban J connectivity index is 0.841. The number of carbonyl (C=O) groups excluding carboxylic acids is 3. The Morgan fingerprint density at radius 1 is 0.897 bits per heavy atom. The van der Waals surface area contributed by atoms with Crippen molar-refractivity contribution in [3.63, 3.8) is 0 Å². The van der Waals surface area contributed by atoms with E-state index >= 15 is 0 Å². The van der Waals surface area contributed by atoms with Crippen LogP contribution in [0.25, 0.3) is 27.9 Å². The lowest BCUT2D eigenvalue weighted by molar-refractivity contribution is -0.133. The number of anilines is 1. The van der Waals surface area contributed by atoms with Crippen molar-refractivity contribution in [2.75, 3.05) is 31.5 Å². The van der Waals surface area contributed by atoms with Crippen LogP contribution in [0.4, 0.5) is 10.5 Å². The first-order chi connectivity index (χ1) is 27.9. The zero-order valence-corrected chi connectivity index (χ0v) is 34.0. The number of aryl methyl sites for hydroxylation is 1. The fourth-order valence-electron chi connectivity index (χ4n) is 8.51. The molecule has 2 unspecified atom stereocenters. The maximum absolute atomic E-state index is 12.9. The van der Waals surface area contributed by atoms with Crippen molar-refractivity contribution in [1.29, 1.82) is 0 Å². The molecule has 3 aromatic carbocycles. The Kier molecular flexibility index (Phi) is 11.3. The van der Waals surface area contributed by atoms with Crippen LogP contribution in [0.5, 0.6) is 0 Å². The molecule has 12 heteroatoms. The second-order valence-corrected chi connectivity index (χ2v) is 17.1. The Bertz CT molecular complexity index is 2270. The lowest BCUT2D eigenvalue weighted by Gasteiger charge is -2.32. The molecule has 2 atom stereocenters. The second kappa shape index (κ2) is 16.7. The van der Waals surface area contributed by atoms with Gasteiger partial charge in [-0.2, -0.15) is 5.10 Å². The lowest BCUT2D eigenvalue weighted by Crippen LogP contribution is -2.47. The van der Waals surface area contributed by atoms with Crippen LogP contribution in [-0.2, 0) is 27.4 Å². The number of rotatable bonds is 10. The number of fused-ring (bicyclic) bond motifs is 1. The van der Waals surface area contributed by atoms with E-state index in [4.69, 9.17) is 9.72 Å². The summed E-state index contributed by atoms with van der Waals surface area (Å²) in [5.41, 5.74) is 10.5. The highest BCUT2D eigenvalue weighted by Gasteiger charge is 2.30. The fourth-order valence-corrected chi connectivity index (χ4v) is 8.51. The van der Waals surface area contributed by atoms with Crippen LogP contribution in [0.15, 0.2) is 85.3 Å². The van der Waals surface area contributed by atoms with E-state index in [-0.39, 0.29) is 35.6 Å². The van der Waals surface area contributed by atoms with Crippen molar-refractivity contribution < 1.29 is 19.1 Å². The molecule has 0 spiro atoms. The summed E-state index contributed by atoms with van der Waals surface area (Å²) in [7, 11) is 0. The summed E-state index contributed by atoms with van der Waals surface area (Å²) in [5, 5.41) is 13.3. The number of aromatic nitrogens is 3. The standard InChI is InChI=1S/C46H54N8O4/c1-30-23-35(9-10-36(30)25-47-45(57)53-22-19-39(28-53)58-46(2,3)4)43-41-24-37(27-54(41)49-29-48-43)33-7-5-31(6-8-33)26-52-20-17-34(18-21-52)32-11-13-38(14-12-32)50-40-15-16-42(55)51-44(40)56/h5-14,23-24,27,29,34,39-40,50H,15-22,25-26,28H2,1-4H3,(H,47,57)(H,51,55,56). The van der Waals surface area contributed by atoms with E-state index in [0.29, 0.717) is 38.4 Å². The second-order valence-electron chi connectivity index (χ2n) is 17.1. The number of nitrogens with zero attached hydrogens (tertiary/aromatic N) is 5. The highest BCUT2D eigenvalue weighted by atomic mass is 16.5. The summed E-state index contributed by atoms with van der Waals surface area (Å²) in [5.74, 6) is 0.0590. The van der Waals surface area contributed by atoms with Crippen LogP contribution in [-0.4, -0.2) is 86.2 Å². The molecule has 3 saturated heterocycles. The number of likely N-dealkylation sites (tertiary alicyclic amines) is 2. The predicted molar refractivity (Wildman–Crippen MR) is 225 cm³/mol. The van der Waals surface area contributed by atoms with Crippen LogP contribution in [0.1, 0.15) is 81.0 Å². The molecule has 0 radical (unpaired) electrons. The molecule has 3 fully saturated rings. The summed E-state index contributed by atoms with van der Waals surface area (Å²) in [4.78, 5) is 45.6. The summed E-state index contributed by atoms with van der Waals surface area (Å²) >= 11 is 0. The van der Waals surface area contributed by atoms with Gasteiger partial charge in [-0.1, -0.05) is 48.5 Å². The van der Waals surface area contributed by atoms with E-state index in [1.54, 1.807) is 6.33 Å². The van der Waals surface area contributed by atoms with Gasteiger partial charge < -0.3 is 20.3 Å². The van der Waals surface area contributed by atoms with Gasteiger partial charge in [0.15, 0.2) is 0 Å². The molecule has 4 amide bonds. The first kappa shape index (κ1) is 39.2. The summed E-state index contributed by atoms with van der Waals surface area (Å²) in [6.07, 6.45) is 7.68. The van der Waals surface area contributed by atoms with Crippen LogP contribution in [0.2, 0.25) is 0 Å².